The molecule has 0 unspecified atom stereocenters. The molecule has 0 heterocycles. The summed E-state index contributed by atoms with van der Waals surface area (Å²) in [5, 5.41) is 14.2. The number of hydrogen-bond donors (Lipinski definition) is 1. The van der Waals surface area contributed by atoms with E-state index in [-0.39, 0.29) is 16.6 Å². The maximum atomic E-state index is 11.8. The van der Waals surface area contributed by atoms with Gasteiger partial charge in [0.05, 0.1) is 4.92 Å². The normalized spacial score (nSPS) is 10.7. The van der Waals surface area contributed by atoms with Crippen LogP contribution in [0.5, 0.6) is 0 Å². The van der Waals surface area contributed by atoms with Gasteiger partial charge in [0.25, 0.3) is 5.69 Å². The van der Waals surface area contributed by atoms with E-state index in [1.807, 2.05) is 6.07 Å². The minimum absolute atomic E-state index is 0.0533. The van der Waals surface area contributed by atoms with Crippen molar-refractivity contribution in [2.24, 2.45) is 0 Å². The molecule has 0 aliphatic heterocycles. The van der Waals surface area contributed by atoms with Crippen LogP contribution in [-0.4, -0.2) is 10.8 Å². The summed E-state index contributed by atoms with van der Waals surface area (Å²) in [6, 6.07) is 11.5. The quantitative estimate of drug-likeness (QED) is 0.498. The number of nitro groups is 1. The van der Waals surface area contributed by atoms with Crippen LogP contribution in [0, 0.1) is 10.1 Å². The van der Waals surface area contributed by atoms with Gasteiger partial charge in [-0.25, -0.2) is 0 Å². The molecule has 5 nitrogen and oxygen atoms in total. The second-order valence-corrected chi connectivity index (χ2v) is 5.49. The van der Waals surface area contributed by atoms with E-state index in [1.165, 1.54) is 24.3 Å². The van der Waals surface area contributed by atoms with Gasteiger partial charge < -0.3 is 5.32 Å². The summed E-state index contributed by atoms with van der Waals surface area (Å²) in [7, 11) is 0. The highest BCUT2D eigenvalue weighted by molar-refractivity contribution is 6.32. The summed E-state index contributed by atoms with van der Waals surface area (Å²) in [5.74, 6) is -0.317. The molecule has 0 aliphatic carbocycles. The Morgan fingerprint density at radius 1 is 1.22 bits per heavy atom. The minimum Gasteiger partial charge on any atom is -0.348 e. The summed E-state index contributed by atoms with van der Waals surface area (Å²) < 4.78 is 0. The van der Waals surface area contributed by atoms with Gasteiger partial charge >= 0.3 is 0 Å². The fraction of sp³-hybridized carbons (Fsp3) is 0.0625. The van der Waals surface area contributed by atoms with Crippen molar-refractivity contribution in [2.75, 3.05) is 0 Å². The number of nitro benzene ring substituents is 1. The third-order valence-corrected chi connectivity index (χ3v) is 3.50. The molecule has 23 heavy (non-hydrogen) atoms. The molecule has 0 saturated carbocycles. The first-order valence-corrected chi connectivity index (χ1v) is 7.35. The van der Waals surface area contributed by atoms with Crippen molar-refractivity contribution in [3.63, 3.8) is 0 Å². The Hall–Kier alpha value is -2.37. The molecule has 0 radical (unpaired) electrons. The van der Waals surface area contributed by atoms with Gasteiger partial charge in [-0.05, 0) is 35.4 Å². The number of carbonyl (C=O) groups excluding carboxylic acids is 1. The highest BCUT2D eigenvalue weighted by Crippen LogP contribution is 2.25. The van der Waals surface area contributed by atoms with Gasteiger partial charge in [0, 0.05) is 23.7 Å². The number of nitrogens with one attached hydrogen (secondary N) is 1. The van der Waals surface area contributed by atoms with Gasteiger partial charge in [0.15, 0.2) is 0 Å². The zero-order valence-corrected chi connectivity index (χ0v) is 13.3. The molecule has 2 rings (SSSR count). The van der Waals surface area contributed by atoms with Gasteiger partial charge in [0.2, 0.25) is 5.91 Å². The van der Waals surface area contributed by atoms with Crippen LogP contribution >= 0.6 is 23.2 Å². The second kappa shape index (κ2) is 7.76. The molecule has 118 valence electrons. The Morgan fingerprint density at radius 2 is 2.00 bits per heavy atom. The molecular weight excluding hydrogens is 339 g/mol. The summed E-state index contributed by atoms with van der Waals surface area (Å²) in [6.07, 6.45) is 2.79. The number of hydrogen-bond acceptors (Lipinski definition) is 3. The zero-order chi connectivity index (χ0) is 16.8. The van der Waals surface area contributed by atoms with E-state index in [4.69, 9.17) is 23.2 Å². The van der Waals surface area contributed by atoms with Crippen molar-refractivity contribution >= 4 is 40.9 Å². The summed E-state index contributed by atoms with van der Waals surface area (Å²) in [4.78, 5) is 22.0. The van der Waals surface area contributed by atoms with E-state index in [2.05, 4.69) is 5.32 Å². The maximum Gasteiger partial charge on any atom is 0.288 e. The lowest BCUT2D eigenvalue weighted by Crippen LogP contribution is -2.20. The van der Waals surface area contributed by atoms with Crippen LogP contribution in [0.3, 0.4) is 0 Å². The van der Waals surface area contributed by atoms with Gasteiger partial charge in [-0.3, -0.25) is 14.9 Å². The molecule has 0 fully saturated rings. The van der Waals surface area contributed by atoms with Gasteiger partial charge in [-0.15, -0.1) is 0 Å². The Labute approximate surface area is 142 Å². The molecule has 0 spiro atoms. The van der Waals surface area contributed by atoms with Crippen molar-refractivity contribution in [3.8, 4) is 0 Å². The molecule has 1 N–H and O–H groups in total. The third kappa shape index (κ3) is 5.09. The number of carbonyl (C=O) groups is 1. The molecule has 0 atom stereocenters. The van der Waals surface area contributed by atoms with Gasteiger partial charge in [-0.2, -0.15) is 0 Å². The van der Waals surface area contributed by atoms with Crippen LogP contribution in [0.1, 0.15) is 11.1 Å². The summed E-state index contributed by atoms with van der Waals surface area (Å²) >= 11 is 11.6. The molecular formula is C16H12Cl2N2O3. The monoisotopic (exact) mass is 350 g/mol. The number of nitrogens with zero attached hydrogens (tertiary/aromatic N) is 1. The average Bonchev–Trinajstić information content (AvgIpc) is 2.52. The van der Waals surface area contributed by atoms with Crippen LogP contribution in [0.25, 0.3) is 6.08 Å². The van der Waals surface area contributed by atoms with Crippen molar-refractivity contribution in [3.05, 3.63) is 79.8 Å². The third-order valence-electron chi connectivity index (χ3n) is 2.95. The first kappa shape index (κ1) is 17.0. The van der Waals surface area contributed by atoms with Crippen molar-refractivity contribution < 1.29 is 9.72 Å². The Balaban J connectivity index is 1.98. The number of amides is 1. The second-order valence-electron chi connectivity index (χ2n) is 4.65. The molecule has 1 amide bonds. The predicted molar refractivity (Wildman–Crippen MR) is 90.4 cm³/mol. The smallest absolute Gasteiger partial charge is 0.288 e. The van der Waals surface area contributed by atoms with Crippen LogP contribution in [-0.2, 0) is 11.3 Å². The van der Waals surface area contributed by atoms with E-state index in [0.29, 0.717) is 17.1 Å². The fourth-order valence-electron chi connectivity index (χ4n) is 1.84. The average molecular weight is 351 g/mol. The van der Waals surface area contributed by atoms with Crippen molar-refractivity contribution in [1.82, 2.24) is 5.32 Å². The Bertz CT molecular complexity index is 776. The lowest BCUT2D eigenvalue weighted by molar-refractivity contribution is -0.384. The molecule has 0 saturated heterocycles. The largest absolute Gasteiger partial charge is 0.348 e. The SMILES string of the molecule is O=C(/C=C/c1ccc(Cl)c([N+](=O)[O-])c1)NCc1cccc(Cl)c1. The number of halogens is 2. The highest BCUT2D eigenvalue weighted by Gasteiger charge is 2.11. The van der Waals surface area contributed by atoms with Crippen LogP contribution in [0.4, 0.5) is 5.69 Å². The predicted octanol–water partition coefficient (Wildman–Crippen LogP) is 4.23. The standard InChI is InChI=1S/C16H12Cl2N2O3/c17-13-3-1-2-12(8-13)10-19-16(21)7-5-11-4-6-14(18)15(9-11)20(22)23/h1-9H,10H2,(H,19,21)/b7-5+. The number of rotatable bonds is 5. The fourth-order valence-corrected chi connectivity index (χ4v) is 2.24. The molecule has 0 aromatic heterocycles. The lowest BCUT2D eigenvalue weighted by Gasteiger charge is -2.03. The summed E-state index contributed by atoms with van der Waals surface area (Å²) in [5.41, 5.74) is 1.19. The molecule has 7 heteroatoms. The first-order chi connectivity index (χ1) is 11.0. The zero-order valence-electron chi connectivity index (χ0n) is 11.8. The Morgan fingerprint density at radius 3 is 2.70 bits per heavy atom. The Kier molecular flexibility index (Phi) is 5.73. The van der Waals surface area contributed by atoms with Crippen LogP contribution < -0.4 is 5.32 Å². The first-order valence-electron chi connectivity index (χ1n) is 6.60. The number of benzene rings is 2. The minimum atomic E-state index is -0.571. The highest BCUT2D eigenvalue weighted by atomic mass is 35.5. The molecule has 0 aliphatic rings. The molecule has 2 aromatic carbocycles. The lowest BCUT2D eigenvalue weighted by atomic mass is 10.2. The topological polar surface area (TPSA) is 72.2 Å². The van der Waals surface area contributed by atoms with Crippen LogP contribution in [0.2, 0.25) is 10.0 Å². The molecule has 2 aromatic rings. The molecule has 0 bridgehead atoms. The van der Waals surface area contributed by atoms with Crippen LogP contribution in [0.15, 0.2) is 48.5 Å². The maximum absolute atomic E-state index is 11.8. The van der Waals surface area contributed by atoms with Gasteiger partial charge in [-0.1, -0.05) is 41.4 Å². The van der Waals surface area contributed by atoms with E-state index in [9.17, 15) is 14.9 Å². The van der Waals surface area contributed by atoms with E-state index < -0.39 is 4.92 Å². The van der Waals surface area contributed by atoms with E-state index in [0.717, 1.165) is 5.56 Å². The van der Waals surface area contributed by atoms with Gasteiger partial charge in [0.1, 0.15) is 5.02 Å². The summed E-state index contributed by atoms with van der Waals surface area (Å²) in [6.45, 7) is 0.338. The van der Waals surface area contributed by atoms with Crippen molar-refractivity contribution in [1.29, 1.82) is 0 Å². The van der Waals surface area contributed by atoms with E-state index in [1.54, 1.807) is 24.3 Å². The van der Waals surface area contributed by atoms with E-state index >= 15 is 0 Å². The van der Waals surface area contributed by atoms with Crippen molar-refractivity contribution in [2.45, 2.75) is 6.54 Å².